The molecule has 2 rings (SSSR count). The van der Waals surface area contributed by atoms with E-state index < -0.39 is 10.0 Å². The van der Waals surface area contributed by atoms with Crippen molar-refractivity contribution in [3.8, 4) is 5.75 Å². The molecule has 1 aromatic carbocycles. The van der Waals surface area contributed by atoms with Crippen molar-refractivity contribution in [2.45, 2.75) is 38.0 Å². The lowest BCUT2D eigenvalue weighted by Crippen LogP contribution is -2.41. The Morgan fingerprint density at radius 1 is 1.31 bits per heavy atom. The Hall–Kier alpha value is -1.80. The van der Waals surface area contributed by atoms with Crippen LogP contribution >= 0.6 is 0 Å². The molecule has 1 amide bonds. The fourth-order valence-electron chi connectivity index (χ4n) is 2.92. The van der Waals surface area contributed by atoms with Gasteiger partial charge in [-0.05, 0) is 55.9 Å². The van der Waals surface area contributed by atoms with Crippen LogP contribution in [0.25, 0.3) is 0 Å². The number of sulfonamides is 1. The van der Waals surface area contributed by atoms with E-state index in [-0.39, 0.29) is 16.9 Å². The molecule has 0 saturated carbocycles. The molecule has 7 nitrogen and oxygen atoms in total. The van der Waals surface area contributed by atoms with Gasteiger partial charge < -0.3 is 14.4 Å². The summed E-state index contributed by atoms with van der Waals surface area (Å²) >= 11 is 0. The summed E-state index contributed by atoms with van der Waals surface area (Å²) < 4.78 is 38.1. The molecule has 0 radical (unpaired) electrons. The average molecular weight is 384 g/mol. The van der Waals surface area contributed by atoms with Gasteiger partial charge in [0.15, 0.2) is 0 Å². The minimum absolute atomic E-state index is 0.207. The van der Waals surface area contributed by atoms with Crippen molar-refractivity contribution in [3.63, 3.8) is 0 Å². The predicted octanol–water partition coefficient (Wildman–Crippen LogP) is 2.54. The minimum Gasteiger partial charge on any atom is -0.493 e. The lowest BCUT2D eigenvalue weighted by Gasteiger charge is -2.30. The number of carbonyl (C=O) groups is 1. The van der Waals surface area contributed by atoms with Crippen LogP contribution in [-0.4, -0.2) is 52.8 Å². The molecule has 0 unspecified atom stereocenters. The van der Waals surface area contributed by atoms with Crippen molar-refractivity contribution in [2.24, 2.45) is 5.92 Å². The van der Waals surface area contributed by atoms with E-state index in [9.17, 15) is 13.2 Å². The molecule has 0 bridgehead atoms. The molecule has 1 aliphatic heterocycles. The number of hydrogen-bond acceptors (Lipinski definition) is 5. The van der Waals surface area contributed by atoms with E-state index in [1.54, 1.807) is 23.1 Å². The molecule has 1 aromatic rings. The van der Waals surface area contributed by atoms with Gasteiger partial charge in [-0.3, -0.25) is 0 Å². The third kappa shape index (κ3) is 5.35. The van der Waals surface area contributed by atoms with Gasteiger partial charge in [0.2, 0.25) is 10.0 Å². The van der Waals surface area contributed by atoms with E-state index in [1.165, 1.54) is 7.11 Å². The third-order valence-electron chi connectivity index (χ3n) is 4.53. The molecule has 1 fully saturated rings. The molecule has 1 saturated heterocycles. The van der Waals surface area contributed by atoms with E-state index in [2.05, 4.69) is 4.72 Å². The topological polar surface area (TPSA) is 84.9 Å². The Kier molecular flexibility index (Phi) is 7.28. The lowest BCUT2D eigenvalue weighted by atomic mass is 9.97. The molecule has 0 aliphatic carbocycles. The van der Waals surface area contributed by atoms with Crippen LogP contribution in [0.2, 0.25) is 0 Å². The largest absolute Gasteiger partial charge is 0.493 e. The minimum atomic E-state index is -3.56. The van der Waals surface area contributed by atoms with Crippen LogP contribution in [0, 0.1) is 12.8 Å². The summed E-state index contributed by atoms with van der Waals surface area (Å²) in [6.07, 6.45) is 2.07. The van der Waals surface area contributed by atoms with Gasteiger partial charge in [-0.2, -0.15) is 0 Å². The zero-order valence-corrected chi connectivity index (χ0v) is 16.5. The van der Waals surface area contributed by atoms with Gasteiger partial charge in [0.05, 0.1) is 18.6 Å². The number of hydrogen-bond donors (Lipinski definition) is 1. The second-order valence-corrected chi connectivity index (χ2v) is 8.30. The molecular formula is C18H28N2O5S. The van der Waals surface area contributed by atoms with Gasteiger partial charge in [0, 0.05) is 19.6 Å². The van der Waals surface area contributed by atoms with E-state index in [0.29, 0.717) is 32.0 Å². The van der Waals surface area contributed by atoms with Crippen LogP contribution in [0.5, 0.6) is 5.75 Å². The van der Waals surface area contributed by atoms with Gasteiger partial charge in [-0.1, -0.05) is 6.92 Å². The number of carbonyl (C=O) groups excluding carboxylic acids is 1. The first-order valence-corrected chi connectivity index (χ1v) is 10.4. The standard InChI is InChI=1S/C18H28N2O5S/c1-4-11-25-17-6-5-16(12-14(17)2)26(22,23)19-13-15-7-9-20(10-8-15)18(21)24-3/h5-6,12,15,19H,4,7-11,13H2,1-3H3. The first-order chi connectivity index (χ1) is 12.4. The maximum atomic E-state index is 12.5. The first kappa shape index (κ1) is 20.5. The van der Waals surface area contributed by atoms with E-state index in [0.717, 1.165) is 24.8 Å². The third-order valence-corrected chi connectivity index (χ3v) is 5.95. The van der Waals surface area contributed by atoms with Gasteiger partial charge in [0.25, 0.3) is 0 Å². The lowest BCUT2D eigenvalue weighted by molar-refractivity contribution is 0.106. The fourth-order valence-corrected chi connectivity index (χ4v) is 4.12. The molecule has 1 aliphatic rings. The summed E-state index contributed by atoms with van der Waals surface area (Å²) in [6, 6.07) is 4.90. The van der Waals surface area contributed by atoms with Crippen LogP contribution in [-0.2, 0) is 14.8 Å². The van der Waals surface area contributed by atoms with Crippen molar-refractivity contribution in [3.05, 3.63) is 23.8 Å². The molecule has 146 valence electrons. The summed E-state index contributed by atoms with van der Waals surface area (Å²) in [5.74, 6) is 0.917. The average Bonchev–Trinajstić information content (AvgIpc) is 2.65. The molecular weight excluding hydrogens is 356 g/mol. The SMILES string of the molecule is CCCOc1ccc(S(=O)(=O)NCC2CCN(C(=O)OC)CC2)cc1C. The summed E-state index contributed by atoms with van der Waals surface area (Å²) in [6.45, 7) is 6.00. The van der Waals surface area contributed by atoms with Crippen molar-refractivity contribution in [1.29, 1.82) is 0 Å². The maximum absolute atomic E-state index is 12.5. The number of ether oxygens (including phenoxy) is 2. The van der Waals surface area contributed by atoms with Gasteiger partial charge in [-0.15, -0.1) is 0 Å². The monoisotopic (exact) mass is 384 g/mol. The number of amides is 1. The number of aryl methyl sites for hydroxylation is 1. The molecule has 0 aromatic heterocycles. The van der Waals surface area contributed by atoms with Crippen LogP contribution in [0.15, 0.2) is 23.1 Å². The normalized spacial score (nSPS) is 15.7. The maximum Gasteiger partial charge on any atom is 0.409 e. The Labute approximate surface area is 155 Å². The van der Waals surface area contributed by atoms with Crippen molar-refractivity contribution < 1.29 is 22.7 Å². The zero-order chi connectivity index (χ0) is 19.2. The van der Waals surface area contributed by atoms with Crippen molar-refractivity contribution in [1.82, 2.24) is 9.62 Å². The van der Waals surface area contributed by atoms with Crippen molar-refractivity contribution >= 4 is 16.1 Å². The molecule has 26 heavy (non-hydrogen) atoms. The smallest absolute Gasteiger partial charge is 0.409 e. The molecule has 0 atom stereocenters. The highest BCUT2D eigenvalue weighted by molar-refractivity contribution is 7.89. The Morgan fingerprint density at radius 3 is 2.58 bits per heavy atom. The number of rotatable bonds is 7. The quantitative estimate of drug-likeness (QED) is 0.781. The zero-order valence-electron chi connectivity index (χ0n) is 15.7. The van der Waals surface area contributed by atoms with E-state index >= 15 is 0 Å². The highest BCUT2D eigenvalue weighted by Gasteiger charge is 2.25. The van der Waals surface area contributed by atoms with Crippen LogP contribution in [0.4, 0.5) is 4.79 Å². The highest BCUT2D eigenvalue weighted by Crippen LogP contribution is 2.23. The summed E-state index contributed by atoms with van der Waals surface area (Å²) in [7, 11) is -2.20. The summed E-state index contributed by atoms with van der Waals surface area (Å²) in [5.41, 5.74) is 0.799. The Morgan fingerprint density at radius 2 is 2.00 bits per heavy atom. The Bertz CT molecular complexity index is 712. The number of methoxy groups -OCH3 is 1. The van der Waals surface area contributed by atoms with Crippen LogP contribution in [0.1, 0.15) is 31.7 Å². The fraction of sp³-hybridized carbons (Fsp3) is 0.611. The highest BCUT2D eigenvalue weighted by atomic mass is 32.2. The number of nitrogens with zero attached hydrogens (tertiary/aromatic N) is 1. The van der Waals surface area contributed by atoms with Gasteiger partial charge in [-0.25, -0.2) is 17.9 Å². The molecule has 0 spiro atoms. The molecule has 1 N–H and O–H groups in total. The number of nitrogens with one attached hydrogen (secondary N) is 1. The molecule has 1 heterocycles. The predicted molar refractivity (Wildman–Crippen MR) is 98.9 cm³/mol. The van der Waals surface area contributed by atoms with E-state index in [4.69, 9.17) is 9.47 Å². The number of benzene rings is 1. The van der Waals surface area contributed by atoms with Crippen LogP contribution in [0.3, 0.4) is 0 Å². The first-order valence-electron chi connectivity index (χ1n) is 8.93. The molecule has 8 heteroatoms. The van der Waals surface area contributed by atoms with Gasteiger partial charge in [0.1, 0.15) is 5.75 Å². The second kappa shape index (κ2) is 9.23. The summed E-state index contributed by atoms with van der Waals surface area (Å²) in [4.78, 5) is 13.4. The second-order valence-electron chi connectivity index (χ2n) is 6.53. The number of likely N-dealkylation sites (tertiary alicyclic amines) is 1. The Balaban J connectivity index is 1.91. The summed E-state index contributed by atoms with van der Waals surface area (Å²) in [5, 5.41) is 0. The number of piperidine rings is 1. The van der Waals surface area contributed by atoms with Crippen molar-refractivity contribution in [2.75, 3.05) is 33.4 Å². The van der Waals surface area contributed by atoms with Gasteiger partial charge >= 0.3 is 6.09 Å². The van der Waals surface area contributed by atoms with E-state index in [1.807, 2.05) is 13.8 Å². The van der Waals surface area contributed by atoms with Crippen LogP contribution < -0.4 is 9.46 Å².